The summed E-state index contributed by atoms with van der Waals surface area (Å²) in [6.07, 6.45) is 3.92. The maximum Gasteiger partial charge on any atom is 0.259 e. The number of H-pyrrole nitrogens is 1. The number of halogens is 1. The molecule has 0 saturated heterocycles. The summed E-state index contributed by atoms with van der Waals surface area (Å²) in [6, 6.07) is 9.16. The number of aryl methyl sites for hydroxylation is 1. The number of nitrogens with one attached hydrogen (secondary N) is 2. The first-order chi connectivity index (χ1) is 15.5. The minimum absolute atomic E-state index is 0.172. The minimum atomic E-state index is -0.484. The molecule has 2 amide bonds. The third-order valence-electron chi connectivity index (χ3n) is 5.43. The van der Waals surface area contributed by atoms with Crippen molar-refractivity contribution in [3.8, 4) is 10.6 Å². The summed E-state index contributed by atoms with van der Waals surface area (Å²) >= 11 is 1.56. The van der Waals surface area contributed by atoms with Crippen molar-refractivity contribution in [3.05, 3.63) is 82.2 Å². The van der Waals surface area contributed by atoms with Gasteiger partial charge in [0.15, 0.2) is 0 Å². The van der Waals surface area contributed by atoms with Crippen LogP contribution in [-0.4, -0.2) is 33.5 Å². The van der Waals surface area contributed by atoms with E-state index in [1.807, 2.05) is 11.4 Å². The molecule has 0 saturated carbocycles. The maximum atomic E-state index is 13.5. The summed E-state index contributed by atoms with van der Waals surface area (Å²) in [7, 11) is 0. The van der Waals surface area contributed by atoms with E-state index >= 15 is 0 Å². The molecule has 4 aromatic rings. The Morgan fingerprint density at radius 3 is 2.88 bits per heavy atom. The lowest BCUT2D eigenvalue weighted by Crippen LogP contribution is -2.32. The van der Waals surface area contributed by atoms with Crippen LogP contribution in [0.5, 0.6) is 0 Å². The monoisotopic (exact) mass is 447 g/mol. The summed E-state index contributed by atoms with van der Waals surface area (Å²) in [4.78, 5) is 32.7. The van der Waals surface area contributed by atoms with Crippen molar-refractivity contribution in [2.75, 3.05) is 16.8 Å². The second-order valence-corrected chi connectivity index (χ2v) is 8.37. The molecule has 7 nitrogen and oxygen atoms in total. The van der Waals surface area contributed by atoms with Gasteiger partial charge in [0, 0.05) is 23.9 Å². The Bertz CT molecular complexity index is 1330. The van der Waals surface area contributed by atoms with Gasteiger partial charge in [0.1, 0.15) is 11.6 Å². The number of rotatable bonds is 3. The lowest BCUT2D eigenvalue weighted by atomic mass is 10.1. The summed E-state index contributed by atoms with van der Waals surface area (Å²) in [5, 5.41) is 11.8. The quantitative estimate of drug-likeness (QED) is 0.486. The zero-order valence-corrected chi connectivity index (χ0v) is 17.9. The van der Waals surface area contributed by atoms with Crippen LogP contribution in [0.25, 0.3) is 10.6 Å². The fourth-order valence-electron chi connectivity index (χ4n) is 3.74. The smallest absolute Gasteiger partial charge is 0.259 e. The number of hydrogen-bond donors (Lipinski definition) is 2. The van der Waals surface area contributed by atoms with E-state index in [0.717, 1.165) is 21.8 Å². The summed E-state index contributed by atoms with van der Waals surface area (Å²) in [6.45, 7) is 2.25. The number of pyridine rings is 1. The number of carbonyl (C=O) groups excluding carboxylic acids is 2. The summed E-state index contributed by atoms with van der Waals surface area (Å²) < 4.78 is 13.5. The summed E-state index contributed by atoms with van der Waals surface area (Å²) in [5.41, 5.74) is 4.16. The molecule has 1 aliphatic rings. The predicted molar refractivity (Wildman–Crippen MR) is 121 cm³/mol. The molecule has 0 spiro atoms. The van der Waals surface area contributed by atoms with Crippen molar-refractivity contribution in [1.82, 2.24) is 15.2 Å². The van der Waals surface area contributed by atoms with Gasteiger partial charge in [-0.3, -0.25) is 14.7 Å². The third-order valence-corrected chi connectivity index (χ3v) is 6.35. The van der Waals surface area contributed by atoms with E-state index in [1.165, 1.54) is 18.3 Å². The Hall–Kier alpha value is -3.85. The van der Waals surface area contributed by atoms with E-state index < -0.39 is 11.7 Å². The number of benzene rings is 1. The molecule has 4 heterocycles. The van der Waals surface area contributed by atoms with Crippen LogP contribution >= 0.6 is 11.3 Å². The van der Waals surface area contributed by atoms with Crippen LogP contribution in [-0.2, 0) is 6.42 Å². The fourth-order valence-corrected chi connectivity index (χ4v) is 4.66. The fraction of sp³-hybridized carbons (Fsp3) is 0.130. The second-order valence-electron chi connectivity index (χ2n) is 7.46. The first kappa shape index (κ1) is 20.1. The SMILES string of the molecule is Cc1ccc(F)cc1C(=O)Nc1ccc(C(=O)N2CCc3cn[nH]c3-c3sccc32)cn1. The Morgan fingerprint density at radius 2 is 2.06 bits per heavy atom. The van der Waals surface area contributed by atoms with Crippen LogP contribution in [0.4, 0.5) is 15.9 Å². The molecule has 160 valence electrons. The molecule has 0 radical (unpaired) electrons. The third kappa shape index (κ3) is 3.56. The zero-order chi connectivity index (χ0) is 22.2. The van der Waals surface area contributed by atoms with Gasteiger partial charge in [-0.15, -0.1) is 11.3 Å². The standard InChI is InChI=1S/C23H18FN5O2S/c1-13-2-4-16(24)10-17(13)22(30)27-19-5-3-15(11-25-19)23(31)29-8-6-14-12-26-28-20(14)21-18(29)7-9-32-21/h2-5,7,9-12H,6,8H2,1H3,(H,26,28)(H,25,27,30). The van der Waals surface area contributed by atoms with Crippen LogP contribution < -0.4 is 10.2 Å². The molecule has 0 unspecified atom stereocenters. The normalized spacial score (nSPS) is 12.6. The van der Waals surface area contributed by atoms with Gasteiger partial charge in [-0.25, -0.2) is 9.37 Å². The van der Waals surface area contributed by atoms with Crippen LogP contribution in [0, 0.1) is 12.7 Å². The number of amides is 2. The minimum Gasteiger partial charge on any atom is -0.307 e. The molecule has 1 aromatic carbocycles. The molecule has 0 aliphatic carbocycles. The molecular weight excluding hydrogens is 429 g/mol. The van der Waals surface area contributed by atoms with E-state index in [-0.39, 0.29) is 17.3 Å². The van der Waals surface area contributed by atoms with Gasteiger partial charge >= 0.3 is 0 Å². The molecule has 3 aromatic heterocycles. The number of nitrogens with zero attached hydrogens (tertiary/aromatic N) is 3. The van der Waals surface area contributed by atoms with Gasteiger partial charge in [-0.1, -0.05) is 6.07 Å². The van der Waals surface area contributed by atoms with Crippen molar-refractivity contribution >= 4 is 34.7 Å². The van der Waals surface area contributed by atoms with Gasteiger partial charge < -0.3 is 10.2 Å². The number of carbonyl (C=O) groups is 2. The van der Waals surface area contributed by atoms with Crippen LogP contribution in [0.3, 0.4) is 0 Å². The van der Waals surface area contributed by atoms with E-state index in [4.69, 9.17) is 0 Å². The van der Waals surface area contributed by atoms with Crippen molar-refractivity contribution < 1.29 is 14.0 Å². The topological polar surface area (TPSA) is 91.0 Å². The van der Waals surface area contributed by atoms with E-state index in [0.29, 0.717) is 24.1 Å². The Kier molecular flexibility index (Phi) is 5.02. The molecule has 5 rings (SSSR count). The molecule has 0 bridgehead atoms. The molecule has 2 N–H and O–H groups in total. The largest absolute Gasteiger partial charge is 0.307 e. The predicted octanol–water partition coefficient (Wildman–Crippen LogP) is 4.44. The number of anilines is 2. The molecule has 32 heavy (non-hydrogen) atoms. The van der Waals surface area contributed by atoms with Crippen molar-refractivity contribution in [2.24, 2.45) is 0 Å². The van der Waals surface area contributed by atoms with Crippen LogP contribution in [0.2, 0.25) is 0 Å². The second kappa shape index (κ2) is 8.01. The number of aromatic nitrogens is 3. The van der Waals surface area contributed by atoms with Gasteiger partial charge in [-0.05, 0) is 54.6 Å². The van der Waals surface area contributed by atoms with E-state index in [9.17, 15) is 14.0 Å². The Labute approximate surface area is 186 Å². The lowest BCUT2D eigenvalue weighted by molar-refractivity contribution is 0.0986. The van der Waals surface area contributed by atoms with Gasteiger partial charge in [-0.2, -0.15) is 5.10 Å². The van der Waals surface area contributed by atoms with Gasteiger partial charge in [0.05, 0.1) is 28.0 Å². The van der Waals surface area contributed by atoms with Crippen molar-refractivity contribution in [2.45, 2.75) is 13.3 Å². The molecule has 0 atom stereocenters. The first-order valence-corrected chi connectivity index (χ1v) is 10.8. The Morgan fingerprint density at radius 1 is 1.19 bits per heavy atom. The summed E-state index contributed by atoms with van der Waals surface area (Å²) in [5.74, 6) is -0.835. The van der Waals surface area contributed by atoms with E-state index in [2.05, 4.69) is 20.5 Å². The highest BCUT2D eigenvalue weighted by Crippen LogP contribution is 2.39. The maximum absolute atomic E-state index is 13.5. The average Bonchev–Trinajstić information content (AvgIpc) is 3.43. The highest BCUT2D eigenvalue weighted by atomic mass is 32.1. The van der Waals surface area contributed by atoms with Crippen LogP contribution in [0.1, 0.15) is 31.8 Å². The highest BCUT2D eigenvalue weighted by molar-refractivity contribution is 7.14. The van der Waals surface area contributed by atoms with Gasteiger partial charge in [0.25, 0.3) is 11.8 Å². The number of fused-ring (bicyclic) bond motifs is 3. The molecular formula is C23H18FN5O2S. The number of thiophene rings is 1. The van der Waals surface area contributed by atoms with E-state index in [1.54, 1.807) is 47.6 Å². The van der Waals surface area contributed by atoms with Crippen molar-refractivity contribution in [3.63, 3.8) is 0 Å². The molecule has 1 aliphatic heterocycles. The first-order valence-electron chi connectivity index (χ1n) is 9.97. The highest BCUT2D eigenvalue weighted by Gasteiger charge is 2.27. The lowest BCUT2D eigenvalue weighted by Gasteiger charge is -2.21. The van der Waals surface area contributed by atoms with Gasteiger partial charge in [0.2, 0.25) is 0 Å². The van der Waals surface area contributed by atoms with Crippen LogP contribution in [0.15, 0.2) is 54.2 Å². The zero-order valence-electron chi connectivity index (χ0n) is 17.1. The number of hydrogen-bond acceptors (Lipinski definition) is 5. The average molecular weight is 447 g/mol. The number of aromatic amines is 1. The molecule has 9 heteroatoms. The molecule has 0 fully saturated rings. The Balaban J connectivity index is 1.35. The van der Waals surface area contributed by atoms with Crippen molar-refractivity contribution in [1.29, 1.82) is 0 Å².